The molecular formula is C14H16N4O. The van der Waals surface area contributed by atoms with E-state index in [-0.39, 0.29) is 11.8 Å². The zero-order valence-corrected chi connectivity index (χ0v) is 10.7. The minimum atomic E-state index is -0.116. The zero-order chi connectivity index (χ0) is 13.2. The normalized spacial score (nSPS) is 17.4. The monoisotopic (exact) mass is 256 g/mol. The number of hydrogen-bond acceptors (Lipinski definition) is 3. The number of para-hydroxylation sites is 1. The summed E-state index contributed by atoms with van der Waals surface area (Å²) in [7, 11) is 0. The first-order valence-electron chi connectivity index (χ1n) is 6.40. The van der Waals surface area contributed by atoms with Crippen molar-refractivity contribution in [2.45, 2.75) is 19.3 Å². The van der Waals surface area contributed by atoms with E-state index in [1.54, 1.807) is 0 Å². The second-order valence-electron chi connectivity index (χ2n) is 4.78. The van der Waals surface area contributed by atoms with Crippen LogP contribution in [0.25, 0.3) is 0 Å². The van der Waals surface area contributed by atoms with E-state index in [2.05, 4.69) is 20.8 Å². The van der Waals surface area contributed by atoms with E-state index in [4.69, 9.17) is 0 Å². The van der Waals surface area contributed by atoms with Crippen molar-refractivity contribution in [3.63, 3.8) is 0 Å². The highest BCUT2D eigenvalue weighted by Gasteiger charge is 2.26. The van der Waals surface area contributed by atoms with Crippen molar-refractivity contribution in [2.24, 2.45) is 0 Å². The minimum absolute atomic E-state index is 0.000417. The van der Waals surface area contributed by atoms with Crippen LogP contribution in [0.2, 0.25) is 0 Å². The SMILES string of the molecule is Cc1cc(NC(=O)C2CCNc3ccccc32)n[nH]1. The molecule has 0 spiro atoms. The fraction of sp³-hybridized carbons (Fsp3) is 0.286. The van der Waals surface area contributed by atoms with Gasteiger partial charge in [0.15, 0.2) is 5.82 Å². The number of benzene rings is 1. The molecule has 0 saturated heterocycles. The molecule has 1 aliphatic rings. The number of rotatable bonds is 2. The molecule has 5 heteroatoms. The summed E-state index contributed by atoms with van der Waals surface area (Å²) in [5, 5.41) is 13.0. The van der Waals surface area contributed by atoms with Gasteiger partial charge in [0.2, 0.25) is 5.91 Å². The molecule has 98 valence electrons. The number of hydrogen-bond donors (Lipinski definition) is 3. The Bertz CT molecular complexity index is 605. The minimum Gasteiger partial charge on any atom is -0.385 e. The molecule has 3 N–H and O–H groups in total. The van der Waals surface area contributed by atoms with Crippen LogP contribution in [0.4, 0.5) is 11.5 Å². The first kappa shape index (κ1) is 11.8. The van der Waals surface area contributed by atoms with E-state index in [0.717, 1.165) is 29.9 Å². The lowest BCUT2D eigenvalue weighted by Crippen LogP contribution is -2.27. The summed E-state index contributed by atoms with van der Waals surface area (Å²) in [6.45, 7) is 2.72. The molecule has 1 amide bonds. The molecule has 2 aromatic rings. The summed E-state index contributed by atoms with van der Waals surface area (Å²) in [5.74, 6) is 0.466. The molecule has 2 heterocycles. The number of nitrogens with zero attached hydrogens (tertiary/aromatic N) is 1. The van der Waals surface area contributed by atoms with Gasteiger partial charge in [-0.1, -0.05) is 18.2 Å². The summed E-state index contributed by atoms with van der Waals surface area (Å²) in [6, 6.07) is 9.77. The quantitative estimate of drug-likeness (QED) is 0.772. The third kappa shape index (κ3) is 2.31. The van der Waals surface area contributed by atoms with Gasteiger partial charge >= 0.3 is 0 Å². The first-order valence-corrected chi connectivity index (χ1v) is 6.40. The predicted molar refractivity (Wildman–Crippen MR) is 74.2 cm³/mol. The van der Waals surface area contributed by atoms with E-state index >= 15 is 0 Å². The topological polar surface area (TPSA) is 69.8 Å². The molecule has 1 atom stereocenters. The average Bonchev–Trinajstić information content (AvgIpc) is 2.83. The molecule has 1 aromatic heterocycles. The Morgan fingerprint density at radius 3 is 3.05 bits per heavy atom. The maximum Gasteiger partial charge on any atom is 0.233 e. The largest absolute Gasteiger partial charge is 0.385 e. The number of amides is 1. The Kier molecular flexibility index (Phi) is 2.95. The van der Waals surface area contributed by atoms with Gasteiger partial charge in [-0.25, -0.2) is 0 Å². The average molecular weight is 256 g/mol. The van der Waals surface area contributed by atoms with Crippen LogP contribution in [0.1, 0.15) is 23.6 Å². The zero-order valence-electron chi connectivity index (χ0n) is 10.7. The number of carbonyl (C=O) groups is 1. The third-order valence-electron chi connectivity index (χ3n) is 3.36. The molecule has 0 fully saturated rings. The van der Waals surface area contributed by atoms with Crippen LogP contribution in [-0.4, -0.2) is 22.6 Å². The number of aromatic amines is 1. The van der Waals surface area contributed by atoms with E-state index in [1.165, 1.54) is 0 Å². The van der Waals surface area contributed by atoms with Crippen molar-refractivity contribution in [3.8, 4) is 0 Å². The first-order chi connectivity index (χ1) is 9.24. The molecule has 3 rings (SSSR count). The molecule has 5 nitrogen and oxygen atoms in total. The Hall–Kier alpha value is -2.30. The second-order valence-corrected chi connectivity index (χ2v) is 4.78. The maximum atomic E-state index is 12.3. The van der Waals surface area contributed by atoms with Crippen LogP contribution in [0.5, 0.6) is 0 Å². The lowest BCUT2D eigenvalue weighted by atomic mass is 9.90. The molecular weight excluding hydrogens is 240 g/mol. The Morgan fingerprint density at radius 1 is 1.42 bits per heavy atom. The van der Waals surface area contributed by atoms with Crippen LogP contribution in [0.15, 0.2) is 30.3 Å². The van der Waals surface area contributed by atoms with Crippen molar-refractivity contribution in [1.29, 1.82) is 0 Å². The fourth-order valence-electron chi connectivity index (χ4n) is 2.44. The van der Waals surface area contributed by atoms with Crippen molar-refractivity contribution >= 4 is 17.4 Å². The number of H-pyrrole nitrogens is 1. The Morgan fingerprint density at radius 2 is 2.26 bits per heavy atom. The lowest BCUT2D eigenvalue weighted by molar-refractivity contribution is -0.117. The van der Waals surface area contributed by atoms with Crippen LogP contribution in [0, 0.1) is 6.92 Å². The molecule has 0 bridgehead atoms. The summed E-state index contributed by atoms with van der Waals surface area (Å²) in [6.07, 6.45) is 0.798. The van der Waals surface area contributed by atoms with Gasteiger partial charge in [-0.2, -0.15) is 5.10 Å². The lowest BCUT2D eigenvalue weighted by Gasteiger charge is -2.25. The van der Waals surface area contributed by atoms with E-state index in [1.807, 2.05) is 37.3 Å². The number of anilines is 2. The molecule has 1 unspecified atom stereocenters. The predicted octanol–water partition coefficient (Wildman–Crippen LogP) is 2.26. The maximum absolute atomic E-state index is 12.3. The summed E-state index contributed by atoms with van der Waals surface area (Å²) in [5.41, 5.74) is 3.03. The van der Waals surface area contributed by atoms with Gasteiger partial charge in [-0.3, -0.25) is 9.89 Å². The number of fused-ring (bicyclic) bond motifs is 1. The van der Waals surface area contributed by atoms with Crippen molar-refractivity contribution in [1.82, 2.24) is 10.2 Å². The van der Waals surface area contributed by atoms with Gasteiger partial charge in [-0.15, -0.1) is 0 Å². The number of aromatic nitrogens is 2. The number of carbonyl (C=O) groups excluding carboxylic acids is 1. The Balaban J connectivity index is 1.81. The summed E-state index contributed by atoms with van der Waals surface area (Å²) < 4.78 is 0. The van der Waals surface area contributed by atoms with Crippen LogP contribution in [-0.2, 0) is 4.79 Å². The van der Waals surface area contributed by atoms with Crippen LogP contribution in [0.3, 0.4) is 0 Å². The van der Waals surface area contributed by atoms with Crippen molar-refractivity contribution < 1.29 is 4.79 Å². The van der Waals surface area contributed by atoms with Gasteiger partial charge in [0.25, 0.3) is 0 Å². The van der Waals surface area contributed by atoms with Crippen molar-refractivity contribution in [2.75, 3.05) is 17.2 Å². The van der Waals surface area contributed by atoms with Crippen LogP contribution >= 0.6 is 0 Å². The molecule has 19 heavy (non-hydrogen) atoms. The number of aryl methyl sites for hydroxylation is 1. The standard InChI is InChI=1S/C14H16N4O/c1-9-8-13(18-17-9)16-14(19)11-6-7-15-12-5-3-2-4-10(11)12/h2-5,8,11,15H,6-7H2,1H3,(H2,16,17,18,19). The molecule has 1 aromatic carbocycles. The molecule has 1 aliphatic heterocycles. The molecule has 0 aliphatic carbocycles. The van der Waals surface area contributed by atoms with Crippen molar-refractivity contribution in [3.05, 3.63) is 41.6 Å². The van der Waals surface area contributed by atoms with Gasteiger partial charge in [0.1, 0.15) is 0 Å². The van der Waals surface area contributed by atoms with E-state index < -0.39 is 0 Å². The Labute approximate surface area is 111 Å². The summed E-state index contributed by atoms with van der Waals surface area (Å²) in [4.78, 5) is 12.3. The van der Waals surface area contributed by atoms with E-state index in [0.29, 0.717) is 5.82 Å². The third-order valence-corrected chi connectivity index (χ3v) is 3.36. The van der Waals surface area contributed by atoms with Gasteiger partial charge < -0.3 is 10.6 Å². The second kappa shape index (κ2) is 4.76. The molecule has 0 saturated carbocycles. The van der Waals surface area contributed by atoms with E-state index in [9.17, 15) is 4.79 Å². The summed E-state index contributed by atoms with van der Waals surface area (Å²) >= 11 is 0. The van der Waals surface area contributed by atoms with Gasteiger partial charge in [0, 0.05) is 24.0 Å². The molecule has 0 radical (unpaired) electrons. The van der Waals surface area contributed by atoms with Gasteiger partial charge in [0.05, 0.1) is 5.92 Å². The van der Waals surface area contributed by atoms with Crippen LogP contribution < -0.4 is 10.6 Å². The highest BCUT2D eigenvalue weighted by atomic mass is 16.2. The van der Waals surface area contributed by atoms with Gasteiger partial charge in [-0.05, 0) is 25.0 Å². The fourth-order valence-corrected chi connectivity index (χ4v) is 2.44. The highest BCUT2D eigenvalue weighted by molar-refractivity contribution is 5.96. The highest BCUT2D eigenvalue weighted by Crippen LogP contribution is 2.31. The number of nitrogens with one attached hydrogen (secondary N) is 3. The smallest absolute Gasteiger partial charge is 0.233 e.